The fraction of sp³-hybridized carbons (Fsp3) is 0.692. The average Bonchev–Trinajstić information content (AvgIpc) is 3.23. The number of nitrogens with zero attached hydrogens (tertiary/aromatic N) is 3. The maximum atomic E-state index is 11.0. The van der Waals surface area contributed by atoms with Crippen LogP contribution in [0, 0.1) is 15.5 Å². The van der Waals surface area contributed by atoms with Crippen molar-refractivity contribution in [2.24, 2.45) is 5.41 Å². The number of nitrogens with one attached hydrogen (secondary N) is 2. The van der Waals surface area contributed by atoms with E-state index in [4.69, 9.17) is 0 Å². The lowest BCUT2D eigenvalue weighted by Crippen LogP contribution is -2.17. The number of aromatic nitrogens is 2. The zero-order chi connectivity index (χ0) is 14.6. The third kappa shape index (κ3) is 3.34. The minimum absolute atomic E-state index is 0.0704. The maximum absolute atomic E-state index is 11.0. The third-order valence-electron chi connectivity index (χ3n) is 3.84. The van der Waals surface area contributed by atoms with Gasteiger partial charge in [0, 0.05) is 13.1 Å². The zero-order valence-corrected chi connectivity index (χ0v) is 12.0. The summed E-state index contributed by atoms with van der Waals surface area (Å²) in [4.78, 5) is 18.8. The van der Waals surface area contributed by atoms with Crippen molar-refractivity contribution in [2.75, 3.05) is 23.7 Å². The molecule has 7 heteroatoms. The molecule has 110 valence electrons. The zero-order valence-electron chi connectivity index (χ0n) is 12.0. The summed E-state index contributed by atoms with van der Waals surface area (Å²) in [6, 6.07) is 0. The Kier molecular flexibility index (Phi) is 4.36. The Morgan fingerprint density at radius 2 is 2.15 bits per heavy atom. The highest BCUT2D eigenvalue weighted by atomic mass is 16.6. The molecular formula is C13H21N5O2. The normalized spacial score (nSPS) is 15.7. The largest absolute Gasteiger partial charge is 0.364 e. The third-order valence-corrected chi connectivity index (χ3v) is 3.84. The molecule has 0 aromatic carbocycles. The monoisotopic (exact) mass is 279 g/mol. The molecule has 0 unspecified atom stereocenters. The quantitative estimate of drug-likeness (QED) is 0.561. The van der Waals surface area contributed by atoms with Gasteiger partial charge in [0.25, 0.3) is 0 Å². The van der Waals surface area contributed by atoms with Crippen molar-refractivity contribution in [3.05, 3.63) is 16.3 Å². The van der Waals surface area contributed by atoms with Crippen molar-refractivity contribution in [3.63, 3.8) is 0 Å². The Hall–Kier alpha value is -1.92. The molecule has 1 fully saturated rings. The Bertz CT molecular complexity index is 488. The van der Waals surface area contributed by atoms with Crippen molar-refractivity contribution in [1.82, 2.24) is 9.97 Å². The van der Waals surface area contributed by atoms with Gasteiger partial charge in [-0.05, 0) is 31.1 Å². The summed E-state index contributed by atoms with van der Waals surface area (Å²) in [6.45, 7) is 5.66. The molecule has 0 spiro atoms. The first kappa shape index (κ1) is 14.5. The number of hydrogen-bond donors (Lipinski definition) is 2. The number of anilines is 2. The van der Waals surface area contributed by atoms with Crippen LogP contribution in [-0.4, -0.2) is 28.0 Å². The fourth-order valence-electron chi connectivity index (χ4n) is 2.06. The summed E-state index contributed by atoms with van der Waals surface area (Å²) in [6.07, 6.45) is 5.65. The minimum atomic E-state index is -0.447. The van der Waals surface area contributed by atoms with Crippen LogP contribution in [0.3, 0.4) is 0 Å². The van der Waals surface area contributed by atoms with Crippen molar-refractivity contribution >= 4 is 17.5 Å². The van der Waals surface area contributed by atoms with Gasteiger partial charge in [0.05, 0.1) is 4.92 Å². The lowest BCUT2D eigenvalue weighted by Gasteiger charge is -2.14. The van der Waals surface area contributed by atoms with E-state index in [9.17, 15) is 10.1 Å². The van der Waals surface area contributed by atoms with Crippen LogP contribution in [0.15, 0.2) is 6.20 Å². The standard InChI is InChI=1S/C13H21N5O2/c1-3-7-14-12-15-8-10(18(19)20)11(17-12)16-9-13(4-2)5-6-13/h8H,3-7,9H2,1-2H3,(H2,14,15,16,17). The topological polar surface area (TPSA) is 93.0 Å². The molecule has 1 heterocycles. The lowest BCUT2D eigenvalue weighted by atomic mass is 10.0. The summed E-state index contributed by atoms with van der Waals surface area (Å²) in [5.41, 5.74) is 0.231. The molecule has 1 aromatic heterocycles. The Labute approximate surface area is 118 Å². The smallest absolute Gasteiger partial charge is 0.329 e. The number of nitro groups is 1. The second kappa shape index (κ2) is 6.02. The first-order chi connectivity index (χ1) is 9.60. The van der Waals surface area contributed by atoms with E-state index in [1.807, 2.05) is 6.92 Å². The van der Waals surface area contributed by atoms with Crippen molar-refractivity contribution in [3.8, 4) is 0 Å². The van der Waals surface area contributed by atoms with Gasteiger partial charge in [0.1, 0.15) is 6.20 Å². The van der Waals surface area contributed by atoms with E-state index < -0.39 is 4.92 Å². The van der Waals surface area contributed by atoms with E-state index in [-0.39, 0.29) is 5.69 Å². The molecule has 0 saturated heterocycles. The fourth-order valence-corrected chi connectivity index (χ4v) is 2.06. The highest BCUT2D eigenvalue weighted by Crippen LogP contribution is 2.48. The van der Waals surface area contributed by atoms with Crippen LogP contribution >= 0.6 is 0 Å². The van der Waals surface area contributed by atoms with Crippen molar-refractivity contribution in [1.29, 1.82) is 0 Å². The molecule has 0 atom stereocenters. The van der Waals surface area contributed by atoms with Gasteiger partial charge in [-0.1, -0.05) is 13.8 Å². The summed E-state index contributed by atoms with van der Waals surface area (Å²) < 4.78 is 0. The molecule has 0 radical (unpaired) electrons. The van der Waals surface area contributed by atoms with Gasteiger partial charge in [0.2, 0.25) is 11.8 Å². The highest BCUT2D eigenvalue weighted by Gasteiger charge is 2.40. The van der Waals surface area contributed by atoms with Gasteiger partial charge >= 0.3 is 5.69 Å². The molecule has 1 aliphatic rings. The molecule has 2 rings (SSSR count). The van der Waals surface area contributed by atoms with Crippen LogP contribution in [0.4, 0.5) is 17.5 Å². The summed E-state index contributed by atoms with van der Waals surface area (Å²) >= 11 is 0. The van der Waals surface area contributed by atoms with Crippen LogP contribution in [-0.2, 0) is 0 Å². The summed E-state index contributed by atoms with van der Waals surface area (Å²) in [5, 5.41) is 17.2. The molecule has 1 saturated carbocycles. The molecule has 2 N–H and O–H groups in total. The first-order valence-electron chi connectivity index (χ1n) is 7.09. The molecule has 1 aliphatic carbocycles. The summed E-state index contributed by atoms with van der Waals surface area (Å²) in [7, 11) is 0. The maximum Gasteiger partial charge on any atom is 0.329 e. The first-order valence-corrected chi connectivity index (χ1v) is 7.09. The molecule has 0 bridgehead atoms. The van der Waals surface area contributed by atoms with E-state index in [2.05, 4.69) is 27.5 Å². The molecule has 7 nitrogen and oxygen atoms in total. The minimum Gasteiger partial charge on any atom is -0.364 e. The van der Waals surface area contributed by atoms with Gasteiger partial charge < -0.3 is 10.6 Å². The van der Waals surface area contributed by atoms with Crippen LogP contribution in [0.1, 0.15) is 39.5 Å². The Morgan fingerprint density at radius 1 is 1.40 bits per heavy atom. The molecule has 0 aliphatic heterocycles. The van der Waals surface area contributed by atoms with Crippen LogP contribution in [0.2, 0.25) is 0 Å². The molecule has 0 amide bonds. The average molecular weight is 279 g/mol. The SMILES string of the molecule is CCCNc1ncc([N+](=O)[O-])c(NCC2(CC)CC2)n1. The van der Waals surface area contributed by atoms with E-state index in [0.29, 0.717) is 17.2 Å². The molecular weight excluding hydrogens is 258 g/mol. The second-order valence-electron chi connectivity index (χ2n) is 5.32. The Balaban J connectivity index is 2.11. The second-order valence-corrected chi connectivity index (χ2v) is 5.32. The van der Waals surface area contributed by atoms with Gasteiger partial charge in [-0.2, -0.15) is 4.98 Å². The lowest BCUT2D eigenvalue weighted by molar-refractivity contribution is -0.384. The van der Waals surface area contributed by atoms with Crippen LogP contribution in [0.25, 0.3) is 0 Å². The number of rotatable bonds is 8. The molecule has 20 heavy (non-hydrogen) atoms. The van der Waals surface area contributed by atoms with Crippen LogP contribution in [0.5, 0.6) is 0 Å². The van der Waals surface area contributed by atoms with Gasteiger partial charge in [-0.25, -0.2) is 4.98 Å². The highest BCUT2D eigenvalue weighted by molar-refractivity contribution is 5.57. The van der Waals surface area contributed by atoms with E-state index >= 15 is 0 Å². The van der Waals surface area contributed by atoms with E-state index in [1.54, 1.807) is 0 Å². The molecule has 1 aromatic rings. The van der Waals surface area contributed by atoms with Gasteiger partial charge in [-0.3, -0.25) is 10.1 Å². The number of hydrogen-bond acceptors (Lipinski definition) is 6. The van der Waals surface area contributed by atoms with Crippen LogP contribution < -0.4 is 10.6 Å². The predicted octanol–water partition coefficient (Wildman–Crippen LogP) is 2.81. The van der Waals surface area contributed by atoms with Crippen molar-refractivity contribution < 1.29 is 4.92 Å². The summed E-state index contributed by atoms with van der Waals surface area (Å²) in [5.74, 6) is 0.740. The van der Waals surface area contributed by atoms with E-state index in [0.717, 1.165) is 25.9 Å². The predicted molar refractivity (Wildman–Crippen MR) is 77.9 cm³/mol. The van der Waals surface area contributed by atoms with Gasteiger partial charge in [-0.15, -0.1) is 0 Å². The van der Waals surface area contributed by atoms with E-state index in [1.165, 1.54) is 19.0 Å². The Morgan fingerprint density at radius 3 is 2.70 bits per heavy atom. The van der Waals surface area contributed by atoms with Crippen molar-refractivity contribution in [2.45, 2.75) is 39.5 Å². The van der Waals surface area contributed by atoms with Gasteiger partial charge in [0.15, 0.2) is 0 Å².